The van der Waals surface area contributed by atoms with Crippen LogP contribution in [0, 0.1) is 0 Å². The van der Waals surface area contributed by atoms with Gasteiger partial charge in [-0.3, -0.25) is 4.68 Å². The molecule has 1 aromatic carbocycles. The van der Waals surface area contributed by atoms with Crippen molar-refractivity contribution in [3.63, 3.8) is 0 Å². The lowest BCUT2D eigenvalue weighted by atomic mass is 9.98. The molecular formula is C15H22N4. The minimum absolute atomic E-state index is 0.615. The molecule has 0 spiro atoms. The van der Waals surface area contributed by atoms with Crippen LogP contribution < -0.4 is 5.32 Å². The Morgan fingerprint density at radius 3 is 2.79 bits per heavy atom. The van der Waals surface area contributed by atoms with E-state index in [1.54, 1.807) is 6.20 Å². The normalized spacial score (nSPS) is 12.5. The highest BCUT2D eigenvalue weighted by molar-refractivity contribution is 5.18. The van der Waals surface area contributed by atoms with Crippen LogP contribution in [0.25, 0.3) is 0 Å². The van der Waals surface area contributed by atoms with Crippen LogP contribution in [-0.4, -0.2) is 28.1 Å². The number of aromatic nitrogens is 3. The molecule has 0 saturated heterocycles. The molecule has 102 valence electrons. The van der Waals surface area contributed by atoms with Gasteiger partial charge in [0.05, 0.1) is 6.20 Å². The van der Waals surface area contributed by atoms with E-state index in [0.29, 0.717) is 5.92 Å². The average Bonchev–Trinajstić information content (AvgIpc) is 2.96. The molecule has 0 radical (unpaired) electrons. The van der Waals surface area contributed by atoms with Crippen LogP contribution in [0.5, 0.6) is 0 Å². The molecule has 1 unspecified atom stereocenters. The minimum Gasteiger partial charge on any atom is -0.317 e. The fourth-order valence-corrected chi connectivity index (χ4v) is 2.11. The van der Waals surface area contributed by atoms with Crippen LogP contribution in [0.3, 0.4) is 0 Å². The summed E-state index contributed by atoms with van der Waals surface area (Å²) in [4.78, 5) is 0. The Kier molecular flexibility index (Phi) is 5.56. The van der Waals surface area contributed by atoms with E-state index in [9.17, 15) is 0 Å². The van der Waals surface area contributed by atoms with Gasteiger partial charge in [-0.1, -0.05) is 42.5 Å². The second kappa shape index (κ2) is 7.69. The smallest absolute Gasteiger partial charge is 0.0692 e. The van der Waals surface area contributed by atoms with E-state index < -0.39 is 0 Å². The SMILES string of the molecule is CC(CCNCCCn1ccnn1)c1ccccc1. The summed E-state index contributed by atoms with van der Waals surface area (Å²) >= 11 is 0. The summed E-state index contributed by atoms with van der Waals surface area (Å²) in [6.07, 6.45) is 5.88. The number of benzene rings is 1. The molecule has 0 aliphatic rings. The van der Waals surface area contributed by atoms with E-state index in [0.717, 1.165) is 26.1 Å². The first-order chi connectivity index (χ1) is 9.36. The predicted molar refractivity (Wildman–Crippen MR) is 77.0 cm³/mol. The fourth-order valence-electron chi connectivity index (χ4n) is 2.11. The standard InChI is InChI=1S/C15H22N4/c1-14(15-6-3-2-4-7-15)8-10-16-9-5-12-19-13-11-17-18-19/h2-4,6-7,11,13-14,16H,5,8-10,12H2,1H3. The second-order valence-corrected chi connectivity index (χ2v) is 4.87. The average molecular weight is 258 g/mol. The van der Waals surface area contributed by atoms with Gasteiger partial charge in [-0.2, -0.15) is 0 Å². The lowest BCUT2D eigenvalue weighted by Gasteiger charge is -2.12. The van der Waals surface area contributed by atoms with Gasteiger partial charge in [-0.05, 0) is 37.4 Å². The van der Waals surface area contributed by atoms with Gasteiger partial charge in [0.1, 0.15) is 0 Å². The highest BCUT2D eigenvalue weighted by Crippen LogP contribution is 2.17. The zero-order chi connectivity index (χ0) is 13.3. The number of nitrogens with one attached hydrogen (secondary N) is 1. The zero-order valence-corrected chi connectivity index (χ0v) is 11.5. The number of hydrogen-bond donors (Lipinski definition) is 1. The van der Waals surface area contributed by atoms with E-state index in [1.165, 1.54) is 12.0 Å². The Hall–Kier alpha value is -1.68. The fraction of sp³-hybridized carbons (Fsp3) is 0.467. The summed E-state index contributed by atoms with van der Waals surface area (Å²) in [5.74, 6) is 0.615. The molecule has 0 saturated carbocycles. The molecule has 2 rings (SSSR count). The molecule has 4 nitrogen and oxygen atoms in total. The van der Waals surface area contributed by atoms with E-state index in [4.69, 9.17) is 0 Å². The van der Waals surface area contributed by atoms with Gasteiger partial charge < -0.3 is 5.32 Å². The summed E-state index contributed by atoms with van der Waals surface area (Å²) in [6.45, 7) is 5.31. The molecule has 0 fully saturated rings. The molecule has 1 atom stereocenters. The highest BCUT2D eigenvalue weighted by atomic mass is 15.4. The Morgan fingerprint density at radius 2 is 2.05 bits per heavy atom. The van der Waals surface area contributed by atoms with Crippen LogP contribution in [0.1, 0.15) is 31.2 Å². The van der Waals surface area contributed by atoms with Crippen molar-refractivity contribution in [1.29, 1.82) is 0 Å². The molecule has 4 heteroatoms. The van der Waals surface area contributed by atoms with Crippen molar-refractivity contribution in [2.45, 2.75) is 32.2 Å². The lowest BCUT2D eigenvalue weighted by Crippen LogP contribution is -2.19. The van der Waals surface area contributed by atoms with Crippen molar-refractivity contribution < 1.29 is 0 Å². The molecule has 19 heavy (non-hydrogen) atoms. The van der Waals surface area contributed by atoms with E-state index in [-0.39, 0.29) is 0 Å². The van der Waals surface area contributed by atoms with Gasteiger partial charge in [0.25, 0.3) is 0 Å². The number of rotatable bonds is 8. The van der Waals surface area contributed by atoms with Crippen molar-refractivity contribution in [2.75, 3.05) is 13.1 Å². The van der Waals surface area contributed by atoms with Crippen LogP contribution in [-0.2, 0) is 6.54 Å². The molecule has 0 bridgehead atoms. The maximum atomic E-state index is 3.94. The summed E-state index contributed by atoms with van der Waals surface area (Å²) in [6, 6.07) is 10.7. The Morgan fingerprint density at radius 1 is 1.21 bits per heavy atom. The van der Waals surface area contributed by atoms with Crippen LogP contribution in [0.2, 0.25) is 0 Å². The minimum atomic E-state index is 0.615. The zero-order valence-electron chi connectivity index (χ0n) is 11.5. The highest BCUT2D eigenvalue weighted by Gasteiger charge is 2.03. The Balaban J connectivity index is 1.54. The molecule has 0 aliphatic carbocycles. The van der Waals surface area contributed by atoms with Crippen molar-refractivity contribution >= 4 is 0 Å². The lowest BCUT2D eigenvalue weighted by molar-refractivity contribution is 0.517. The summed E-state index contributed by atoms with van der Waals surface area (Å²) in [5.41, 5.74) is 1.42. The van der Waals surface area contributed by atoms with E-state index >= 15 is 0 Å². The number of aryl methyl sites for hydroxylation is 1. The topological polar surface area (TPSA) is 42.7 Å². The summed E-state index contributed by atoms with van der Waals surface area (Å²) in [5, 5.41) is 11.2. The van der Waals surface area contributed by atoms with Crippen LogP contribution >= 0.6 is 0 Å². The van der Waals surface area contributed by atoms with E-state index in [2.05, 4.69) is 52.9 Å². The first-order valence-electron chi connectivity index (χ1n) is 6.96. The molecule has 0 aliphatic heterocycles. The maximum absolute atomic E-state index is 3.94. The summed E-state index contributed by atoms with van der Waals surface area (Å²) < 4.78 is 1.87. The maximum Gasteiger partial charge on any atom is 0.0692 e. The van der Waals surface area contributed by atoms with Gasteiger partial charge >= 0.3 is 0 Å². The monoisotopic (exact) mass is 258 g/mol. The van der Waals surface area contributed by atoms with Gasteiger partial charge in [-0.15, -0.1) is 5.10 Å². The third-order valence-electron chi connectivity index (χ3n) is 3.34. The van der Waals surface area contributed by atoms with E-state index in [1.807, 2.05) is 10.9 Å². The van der Waals surface area contributed by atoms with Crippen molar-refractivity contribution in [3.8, 4) is 0 Å². The second-order valence-electron chi connectivity index (χ2n) is 4.87. The molecule has 1 aromatic heterocycles. The third kappa shape index (κ3) is 4.83. The largest absolute Gasteiger partial charge is 0.317 e. The number of hydrogen-bond acceptors (Lipinski definition) is 3. The van der Waals surface area contributed by atoms with Gasteiger partial charge in [-0.25, -0.2) is 0 Å². The predicted octanol–water partition coefficient (Wildman–Crippen LogP) is 2.45. The Bertz CT molecular complexity index is 438. The molecule has 1 N–H and O–H groups in total. The van der Waals surface area contributed by atoms with Crippen molar-refractivity contribution in [1.82, 2.24) is 20.3 Å². The van der Waals surface area contributed by atoms with Crippen molar-refractivity contribution in [3.05, 3.63) is 48.3 Å². The van der Waals surface area contributed by atoms with Crippen LogP contribution in [0.4, 0.5) is 0 Å². The third-order valence-corrected chi connectivity index (χ3v) is 3.34. The van der Waals surface area contributed by atoms with Gasteiger partial charge in [0.2, 0.25) is 0 Å². The molecule has 1 heterocycles. The molecule has 0 amide bonds. The summed E-state index contributed by atoms with van der Waals surface area (Å²) in [7, 11) is 0. The first-order valence-corrected chi connectivity index (χ1v) is 6.96. The van der Waals surface area contributed by atoms with Gasteiger partial charge in [0.15, 0.2) is 0 Å². The molecule has 2 aromatic rings. The van der Waals surface area contributed by atoms with Crippen molar-refractivity contribution in [2.24, 2.45) is 0 Å². The Labute approximate surface area is 114 Å². The van der Waals surface area contributed by atoms with Gasteiger partial charge in [0, 0.05) is 12.7 Å². The molecular weight excluding hydrogens is 236 g/mol. The first kappa shape index (κ1) is 13.7. The van der Waals surface area contributed by atoms with Crippen LogP contribution in [0.15, 0.2) is 42.7 Å². The quantitative estimate of drug-likeness (QED) is 0.740. The number of nitrogens with zero attached hydrogens (tertiary/aromatic N) is 3.